The normalized spacial score (nSPS) is 38.5. The maximum Gasteiger partial charge on any atom is 0.310 e. The summed E-state index contributed by atoms with van der Waals surface area (Å²) >= 11 is 0. The Morgan fingerprint density at radius 2 is 2.00 bits per heavy atom. The first kappa shape index (κ1) is 8.45. The lowest BCUT2D eigenvalue weighted by Gasteiger charge is -2.29. The van der Waals surface area contributed by atoms with Crippen molar-refractivity contribution in [3.8, 4) is 0 Å². The fraction of sp³-hybridized carbons (Fsp3) is 0.833. The van der Waals surface area contributed by atoms with Crippen molar-refractivity contribution in [2.24, 2.45) is 5.92 Å². The van der Waals surface area contributed by atoms with E-state index in [1.165, 1.54) is 0 Å². The predicted molar refractivity (Wildman–Crippen MR) is 36.0 cm³/mol. The summed E-state index contributed by atoms with van der Waals surface area (Å²) in [6.07, 6.45) is -2.11. The minimum absolute atomic E-state index is 0.216. The number of piperidine rings is 1. The Balaban J connectivity index is 2.58. The second-order valence-corrected chi connectivity index (χ2v) is 2.66. The molecule has 0 saturated carbocycles. The summed E-state index contributed by atoms with van der Waals surface area (Å²) in [7, 11) is 0. The third-order valence-corrected chi connectivity index (χ3v) is 1.84. The van der Waals surface area contributed by atoms with E-state index in [9.17, 15) is 4.79 Å². The van der Waals surface area contributed by atoms with E-state index in [2.05, 4.69) is 5.32 Å². The highest BCUT2D eigenvalue weighted by molar-refractivity contribution is 5.71. The summed E-state index contributed by atoms with van der Waals surface area (Å²) in [5.41, 5.74) is 0. The van der Waals surface area contributed by atoms with E-state index in [1.54, 1.807) is 0 Å². The van der Waals surface area contributed by atoms with E-state index in [1.807, 2.05) is 0 Å². The largest absolute Gasteiger partial charge is 0.481 e. The lowest BCUT2D eigenvalue weighted by Crippen LogP contribution is -2.52. The summed E-state index contributed by atoms with van der Waals surface area (Å²) in [6, 6.07) is 0. The molecule has 0 amide bonds. The van der Waals surface area contributed by atoms with Crippen LogP contribution in [0, 0.1) is 5.92 Å². The molecule has 0 radical (unpaired) electrons. The molecule has 1 heterocycles. The van der Waals surface area contributed by atoms with Crippen LogP contribution >= 0.6 is 0 Å². The fourth-order valence-electron chi connectivity index (χ4n) is 1.13. The first-order chi connectivity index (χ1) is 5.13. The minimum atomic E-state index is -1.14. The van der Waals surface area contributed by atoms with Crippen molar-refractivity contribution in [3.63, 3.8) is 0 Å². The maximum absolute atomic E-state index is 10.4. The Morgan fingerprint density at radius 1 is 1.36 bits per heavy atom. The quantitative estimate of drug-likeness (QED) is 0.357. The van der Waals surface area contributed by atoms with Crippen molar-refractivity contribution < 1.29 is 20.1 Å². The molecule has 0 bridgehead atoms. The first-order valence-electron chi connectivity index (χ1n) is 3.42. The van der Waals surface area contributed by atoms with Gasteiger partial charge < -0.3 is 20.6 Å². The molecule has 1 rings (SSSR count). The molecule has 5 heteroatoms. The lowest BCUT2D eigenvalue weighted by molar-refractivity contribution is -0.150. The molecule has 1 fully saturated rings. The molecule has 1 aliphatic heterocycles. The molecule has 11 heavy (non-hydrogen) atoms. The van der Waals surface area contributed by atoms with Gasteiger partial charge in [0.2, 0.25) is 0 Å². The van der Waals surface area contributed by atoms with Crippen LogP contribution in [0.2, 0.25) is 0 Å². The van der Waals surface area contributed by atoms with Crippen LogP contribution in [0.5, 0.6) is 0 Å². The van der Waals surface area contributed by atoms with Crippen molar-refractivity contribution >= 4 is 5.97 Å². The van der Waals surface area contributed by atoms with E-state index in [0.29, 0.717) is 0 Å². The van der Waals surface area contributed by atoms with Crippen molar-refractivity contribution in [3.05, 3.63) is 0 Å². The number of aliphatic hydroxyl groups excluding tert-OH is 2. The Labute approximate surface area is 63.7 Å². The smallest absolute Gasteiger partial charge is 0.310 e. The number of carboxylic acids is 1. The van der Waals surface area contributed by atoms with E-state index < -0.39 is 24.1 Å². The molecule has 64 valence electrons. The van der Waals surface area contributed by atoms with Gasteiger partial charge in [0.05, 0.1) is 18.1 Å². The molecule has 0 spiro atoms. The molecule has 4 N–H and O–H groups in total. The van der Waals surface area contributed by atoms with Crippen molar-refractivity contribution in [1.82, 2.24) is 5.32 Å². The summed E-state index contributed by atoms with van der Waals surface area (Å²) in [5.74, 6) is -1.97. The van der Waals surface area contributed by atoms with Gasteiger partial charge in [-0.2, -0.15) is 0 Å². The SMILES string of the molecule is O=C(O)C1CNC[C@@H](O)[C@H]1O. The molecule has 5 nitrogen and oxygen atoms in total. The molecule has 3 atom stereocenters. The fourth-order valence-corrected chi connectivity index (χ4v) is 1.13. The van der Waals surface area contributed by atoms with Crippen molar-refractivity contribution in [1.29, 1.82) is 0 Å². The standard InChI is InChI=1S/C6H11NO4/c8-4-2-7-1-3(5(4)9)6(10)11/h3-5,7-9H,1-2H2,(H,10,11)/t3?,4-,5+/m1/s1. The third kappa shape index (κ3) is 1.68. The van der Waals surface area contributed by atoms with Gasteiger partial charge in [-0.25, -0.2) is 0 Å². The molecular weight excluding hydrogens is 150 g/mol. The number of aliphatic hydroxyl groups is 2. The average molecular weight is 161 g/mol. The Kier molecular flexibility index (Phi) is 2.43. The van der Waals surface area contributed by atoms with Gasteiger partial charge in [0, 0.05) is 13.1 Å². The van der Waals surface area contributed by atoms with Crippen molar-refractivity contribution in [2.45, 2.75) is 12.2 Å². The zero-order valence-electron chi connectivity index (χ0n) is 5.90. The maximum atomic E-state index is 10.4. The van der Waals surface area contributed by atoms with Gasteiger partial charge >= 0.3 is 5.97 Å². The average Bonchev–Trinajstić information content (AvgIpc) is 1.94. The minimum Gasteiger partial charge on any atom is -0.481 e. The van der Waals surface area contributed by atoms with Gasteiger partial charge in [-0.1, -0.05) is 0 Å². The Hall–Kier alpha value is -0.650. The second-order valence-electron chi connectivity index (χ2n) is 2.66. The second kappa shape index (κ2) is 3.17. The first-order valence-corrected chi connectivity index (χ1v) is 3.42. The molecular formula is C6H11NO4. The van der Waals surface area contributed by atoms with Crippen LogP contribution in [0.4, 0.5) is 0 Å². The van der Waals surface area contributed by atoms with Crippen LogP contribution in [0.3, 0.4) is 0 Å². The zero-order chi connectivity index (χ0) is 8.43. The van der Waals surface area contributed by atoms with Crippen LogP contribution in [-0.2, 0) is 4.79 Å². The monoisotopic (exact) mass is 161 g/mol. The predicted octanol–water partition coefficient (Wildman–Crippen LogP) is -1.99. The van der Waals surface area contributed by atoms with Gasteiger partial charge in [0.1, 0.15) is 0 Å². The number of nitrogens with one attached hydrogen (secondary N) is 1. The number of rotatable bonds is 1. The van der Waals surface area contributed by atoms with E-state index >= 15 is 0 Å². The summed E-state index contributed by atoms with van der Waals surface area (Å²) in [5, 5.41) is 29.4. The van der Waals surface area contributed by atoms with Gasteiger partial charge in [-0.15, -0.1) is 0 Å². The summed E-state index contributed by atoms with van der Waals surface area (Å²) < 4.78 is 0. The molecule has 1 saturated heterocycles. The number of carboxylic acid groups (broad SMARTS) is 1. The van der Waals surface area contributed by atoms with Crippen molar-refractivity contribution in [2.75, 3.05) is 13.1 Å². The third-order valence-electron chi connectivity index (χ3n) is 1.84. The Morgan fingerprint density at radius 3 is 2.45 bits per heavy atom. The van der Waals surface area contributed by atoms with E-state index in [-0.39, 0.29) is 13.1 Å². The van der Waals surface area contributed by atoms with Crippen LogP contribution in [0.15, 0.2) is 0 Å². The van der Waals surface area contributed by atoms with Crippen LogP contribution in [0.1, 0.15) is 0 Å². The van der Waals surface area contributed by atoms with E-state index in [4.69, 9.17) is 15.3 Å². The summed E-state index contributed by atoms with van der Waals surface area (Å²) in [6.45, 7) is 0.471. The van der Waals surface area contributed by atoms with Crippen LogP contribution in [-0.4, -0.2) is 46.6 Å². The molecule has 1 unspecified atom stereocenters. The number of aliphatic carboxylic acids is 1. The zero-order valence-corrected chi connectivity index (χ0v) is 5.90. The topological polar surface area (TPSA) is 89.8 Å². The Bertz CT molecular complexity index is 161. The molecule has 0 aromatic heterocycles. The van der Waals surface area contributed by atoms with Gasteiger partial charge in [-0.05, 0) is 0 Å². The number of hydrogen-bond acceptors (Lipinski definition) is 4. The molecule has 1 aliphatic rings. The van der Waals surface area contributed by atoms with Crippen LogP contribution < -0.4 is 5.32 Å². The number of carbonyl (C=O) groups is 1. The lowest BCUT2D eigenvalue weighted by atomic mass is 9.94. The van der Waals surface area contributed by atoms with Gasteiger partial charge in [0.15, 0.2) is 0 Å². The summed E-state index contributed by atoms with van der Waals surface area (Å²) in [4.78, 5) is 10.4. The van der Waals surface area contributed by atoms with E-state index in [0.717, 1.165) is 0 Å². The number of β-amino-alcohol motifs (C(OH)–C–C–N with tert-alkyl or cyclic N) is 1. The van der Waals surface area contributed by atoms with Crippen LogP contribution in [0.25, 0.3) is 0 Å². The number of hydrogen-bond donors (Lipinski definition) is 4. The highest BCUT2D eigenvalue weighted by Gasteiger charge is 2.34. The van der Waals surface area contributed by atoms with Gasteiger partial charge in [0.25, 0.3) is 0 Å². The molecule has 0 aromatic carbocycles. The molecule has 0 aromatic rings. The van der Waals surface area contributed by atoms with Gasteiger partial charge in [-0.3, -0.25) is 4.79 Å². The highest BCUT2D eigenvalue weighted by Crippen LogP contribution is 2.11. The molecule has 0 aliphatic carbocycles. The highest BCUT2D eigenvalue weighted by atomic mass is 16.4.